The van der Waals surface area contributed by atoms with Crippen LogP contribution >= 0.6 is 0 Å². The normalized spacial score (nSPS) is 27.6. The molecule has 5 fully saturated rings. The van der Waals surface area contributed by atoms with Gasteiger partial charge in [0, 0.05) is 68.7 Å². The number of fused-ring (bicyclic) bond motifs is 3. The Kier molecular flexibility index (Phi) is 5.40. The van der Waals surface area contributed by atoms with Crippen LogP contribution in [0, 0.1) is 5.92 Å². The topological polar surface area (TPSA) is 104 Å². The molecule has 0 spiro atoms. The summed E-state index contributed by atoms with van der Waals surface area (Å²) in [6.45, 7) is 0.907. The Labute approximate surface area is 196 Å². The van der Waals surface area contributed by atoms with Gasteiger partial charge in [0.1, 0.15) is 5.82 Å². The van der Waals surface area contributed by atoms with E-state index in [0.29, 0.717) is 41.2 Å². The van der Waals surface area contributed by atoms with E-state index in [2.05, 4.69) is 24.4 Å². The van der Waals surface area contributed by atoms with Crippen molar-refractivity contribution in [1.82, 2.24) is 19.9 Å². The lowest BCUT2D eigenvalue weighted by molar-refractivity contribution is -0.0494. The fourth-order valence-electron chi connectivity index (χ4n) is 5.98. The number of nitrogens with two attached hydrogens (primary N) is 1. The van der Waals surface area contributed by atoms with E-state index < -0.39 is 6.61 Å². The second-order valence-corrected chi connectivity index (χ2v) is 9.81. The van der Waals surface area contributed by atoms with Crippen LogP contribution in [-0.4, -0.2) is 82.5 Å². The molecule has 2 atom stereocenters. The molecule has 4 bridgehead atoms. The van der Waals surface area contributed by atoms with E-state index in [0.717, 1.165) is 44.8 Å². The molecule has 4 saturated heterocycles. The summed E-state index contributed by atoms with van der Waals surface area (Å²) < 4.78 is 30.3. The first-order valence-corrected chi connectivity index (χ1v) is 12.0. The molecule has 9 nitrogen and oxygen atoms in total. The largest absolute Gasteiger partial charge is 0.431 e. The lowest BCUT2D eigenvalue weighted by Gasteiger charge is -2.35. The van der Waals surface area contributed by atoms with Crippen molar-refractivity contribution in [3.63, 3.8) is 0 Å². The summed E-state index contributed by atoms with van der Waals surface area (Å²) in [5.74, 6) is 2.00. The van der Waals surface area contributed by atoms with Crippen LogP contribution in [-0.2, 0) is 0 Å². The number of piperazine rings is 1. The van der Waals surface area contributed by atoms with Crippen LogP contribution in [0.3, 0.4) is 0 Å². The van der Waals surface area contributed by atoms with Gasteiger partial charge in [-0.1, -0.05) is 0 Å². The van der Waals surface area contributed by atoms with Crippen LogP contribution < -0.4 is 20.3 Å². The minimum absolute atomic E-state index is 0.0845. The zero-order valence-electron chi connectivity index (χ0n) is 18.9. The van der Waals surface area contributed by atoms with Gasteiger partial charge >= 0.3 is 6.61 Å². The molecule has 3 N–H and O–H groups in total. The Bertz CT molecular complexity index is 1070. The number of likely N-dealkylation sites (tertiary alicyclic amines) is 1. The molecule has 34 heavy (non-hydrogen) atoms. The number of nitrogens with zero attached hydrogens (tertiary/aromatic N) is 6. The van der Waals surface area contributed by atoms with E-state index in [-0.39, 0.29) is 18.2 Å². The van der Waals surface area contributed by atoms with Crippen molar-refractivity contribution in [2.45, 2.75) is 50.4 Å². The van der Waals surface area contributed by atoms with Crippen molar-refractivity contribution >= 4 is 17.6 Å². The number of anilines is 3. The maximum atomic E-state index is 12.9. The summed E-state index contributed by atoms with van der Waals surface area (Å²) in [5, 5.41) is 9.19. The van der Waals surface area contributed by atoms with Crippen molar-refractivity contribution in [3.05, 3.63) is 18.3 Å². The predicted octanol–water partition coefficient (Wildman–Crippen LogP) is 1.97. The zero-order chi connectivity index (χ0) is 23.4. The van der Waals surface area contributed by atoms with Gasteiger partial charge in [0.15, 0.2) is 11.6 Å². The first kappa shape index (κ1) is 21.7. The highest BCUT2D eigenvalue weighted by Crippen LogP contribution is 2.43. The smallest absolute Gasteiger partial charge is 0.387 e. The van der Waals surface area contributed by atoms with Gasteiger partial charge in [-0.05, 0) is 37.7 Å². The number of ether oxygens (including phenoxy) is 1. The van der Waals surface area contributed by atoms with E-state index in [1.807, 2.05) is 6.07 Å². The molecular formula is C23H29F2N7O2. The summed E-state index contributed by atoms with van der Waals surface area (Å²) in [4.78, 5) is 20.9. The van der Waals surface area contributed by atoms with Crippen LogP contribution in [0.5, 0.6) is 5.75 Å². The fraction of sp³-hybridized carbons (Fsp3) is 0.609. The maximum absolute atomic E-state index is 12.9. The minimum atomic E-state index is -2.98. The van der Waals surface area contributed by atoms with Crippen LogP contribution in [0.2, 0.25) is 0 Å². The standard InChI is InChI=1S/C23H29F2N7O2/c24-22(25)34-19-6-14(9-27-21(19)26)18-8-20(29-23(28-18)32-10-13-4-15(32)5-13)31-12-16-7-17(31)11-30(16)2-1-3-33/h6,8-9,13,15-17,22,33H,1-5,7,10-12H2,(H2,26,27)/t13?,15?,16-,17-/m0/s1. The fourth-order valence-corrected chi connectivity index (χ4v) is 5.98. The van der Waals surface area contributed by atoms with Crippen molar-refractivity contribution in [2.75, 3.05) is 48.3 Å². The van der Waals surface area contributed by atoms with Crippen molar-refractivity contribution < 1.29 is 18.6 Å². The number of aliphatic hydroxyl groups is 1. The maximum Gasteiger partial charge on any atom is 0.387 e. The molecular weight excluding hydrogens is 444 g/mol. The molecule has 1 saturated carbocycles. The highest BCUT2D eigenvalue weighted by molar-refractivity contribution is 5.68. The van der Waals surface area contributed by atoms with Crippen molar-refractivity contribution in [3.8, 4) is 17.0 Å². The highest BCUT2D eigenvalue weighted by Gasteiger charge is 2.46. The van der Waals surface area contributed by atoms with Crippen LogP contribution in [0.4, 0.5) is 26.4 Å². The first-order valence-electron chi connectivity index (χ1n) is 12.0. The SMILES string of the molecule is Nc1ncc(-c2cc(N3C[C@@H]4C[C@H]3CN4CCCO)nc(N3CC4CC3C4)n2)cc1OC(F)F. The summed E-state index contributed by atoms with van der Waals surface area (Å²) >= 11 is 0. The van der Waals surface area contributed by atoms with E-state index in [9.17, 15) is 13.9 Å². The van der Waals surface area contributed by atoms with Gasteiger partial charge in [0.25, 0.3) is 0 Å². The summed E-state index contributed by atoms with van der Waals surface area (Å²) in [6.07, 6.45) is 5.75. The number of hydrogen-bond acceptors (Lipinski definition) is 9. The molecule has 7 rings (SSSR count). The van der Waals surface area contributed by atoms with Crippen molar-refractivity contribution in [1.29, 1.82) is 0 Å². The molecule has 0 amide bonds. The molecule has 1 aliphatic carbocycles. The van der Waals surface area contributed by atoms with Crippen molar-refractivity contribution in [2.24, 2.45) is 5.92 Å². The second kappa shape index (κ2) is 8.46. The third-order valence-electron chi connectivity index (χ3n) is 7.71. The number of halogens is 2. The molecule has 2 aromatic rings. The molecule has 4 aliphatic heterocycles. The lowest BCUT2D eigenvalue weighted by atomic mass is 9.86. The van der Waals surface area contributed by atoms with Gasteiger partial charge < -0.3 is 25.4 Å². The molecule has 2 aromatic heterocycles. The third-order valence-corrected chi connectivity index (χ3v) is 7.71. The Hall–Kier alpha value is -2.79. The van der Waals surface area contributed by atoms with Gasteiger partial charge in [-0.25, -0.2) is 9.97 Å². The van der Waals surface area contributed by atoms with E-state index in [4.69, 9.17) is 15.7 Å². The Morgan fingerprint density at radius 1 is 1.06 bits per heavy atom. The number of hydrogen-bond donors (Lipinski definition) is 2. The zero-order valence-corrected chi connectivity index (χ0v) is 18.9. The number of pyridine rings is 1. The van der Waals surface area contributed by atoms with E-state index in [1.165, 1.54) is 18.9 Å². The predicted molar refractivity (Wildman–Crippen MR) is 123 cm³/mol. The van der Waals surface area contributed by atoms with Crippen LogP contribution in [0.1, 0.15) is 25.7 Å². The van der Waals surface area contributed by atoms with Gasteiger partial charge in [0.05, 0.1) is 5.69 Å². The van der Waals surface area contributed by atoms with Gasteiger partial charge in [-0.2, -0.15) is 13.8 Å². The highest BCUT2D eigenvalue weighted by atomic mass is 19.3. The van der Waals surface area contributed by atoms with Crippen LogP contribution in [0.15, 0.2) is 18.3 Å². The average molecular weight is 474 g/mol. The first-order chi connectivity index (χ1) is 16.5. The van der Waals surface area contributed by atoms with Gasteiger partial charge in [-0.15, -0.1) is 0 Å². The minimum Gasteiger partial charge on any atom is -0.431 e. The number of rotatable bonds is 8. The number of aliphatic hydroxyl groups excluding tert-OH is 1. The number of alkyl halides is 2. The lowest BCUT2D eigenvalue weighted by Crippen LogP contribution is -2.47. The van der Waals surface area contributed by atoms with Gasteiger partial charge in [-0.3, -0.25) is 4.90 Å². The molecule has 0 unspecified atom stereocenters. The Balaban J connectivity index is 1.33. The number of nitrogen functional groups attached to an aromatic ring is 1. The van der Waals surface area contributed by atoms with Gasteiger partial charge in [0.2, 0.25) is 5.95 Å². The Morgan fingerprint density at radius 2 is 1.91 bits per heavy atom. The average Bonchev–Trinajstić information content (AvgIpc) is 3.58. The summed E-state index contributed by atoms with van der Waals surface area (Å²) in [6, 6.07) is 4.67. The number of aromatic nitrogens is 3. The molecule has 11 heteroatoms. The quantitative estimate of drug-likeness (QED) is 0.595. The molecule has 182 valence electrons. The third kappa shape index (κ3) is 3.80. The molecule has 6 heterocycles. The van der Waals surface area contributed by atoms with E-state index >= 15 is 0 Å². The summed E-state index contributed by atoms with van der Waals surface area (Å²) in [7, 11) is 0. The molecule has 0 radical (unpaired) electrons. The summed E-state index contributed by atoms with van der Waals surface area (Å²) in [5.41, 5.74) is 6.93. The van der Waals surface area contributed by atoms with E-state index in [1.54, 1.807) is 6.20 Å². The molecule has 5 aliphatic rings. The monoisotopic (exact) mass is 473 g/mol. The van der Waals surface area contributed by atoms with Crippen LogP contribution in [0.25, 0.3) is 11.3 Å². The Morgan fingerprint density at radius 3 is 2.59 bits per heavy atom. The molecule has 0 aromatic carbocycles. The second-order valence-electron chi connectivity index (χ2n) is 9.81.